The van der Waals surface area contributed by atoms with E-state index in [1.807, 2.05) is 17.5 Å². The second kappa shape index (κ2) is 7.38. The lowest BCUT2D eigenvalue weighted by molar-refractivity contribution is -0.149. The Morgan fingerprint density at radius 2 is 1.86 bits per heavy atom. The number of rotatable bonds is 6. The van der Waals surface area contributed by atoms with Crippen molar-refractivity contribution in [3.63, 3.8) is 0 Å². The molecular formula is C14H19F3N2OS. The van der Waals surface area contributed by atoms with Crippen molar-refractivity contribution in [2.45, 2.75) is 19.0 Å². The van der Waals surface area contributed by atoms with Crippen LogP contribution >= 0.6 is 11.3 Å². The zero-order chi connectivity index (χ0) is 15.3. The van der Waals surface area contributed by atoms with E-state index in [1.54, 1.807) is 0 Å². The number of hydrogen-bond acceptors (Lipinski definition) is 4. The molecule has 0 radical (unpaired) electrons. The standard InChI is InChI=1S/C14H19F3N2OS/c15-14(16,17)11-19-8-6-18(7-9-19)5-1-3-12(20)13-4-2-10-21-13/h2,4,10H,1,3,5-9,11H2. The van der Waals surface area contributed by atoms with Gasteiger partial charge in [0.2, 0.25) is 0 Å². The van der Waals surface area contributed by atoms with E-state index in [0.29, 0.717) is 32.6 Å². The van der Waals surface area contributed by atoms with Crippen LogP contribution in [0.2, 0.25) is 0 Å². The van der Waals surface area contributed by atoms with Crippen LogP contribution in [0.4, 0.5) is 13.2 Å². The summed E-state index contributed by atoms with van der Waals surface area (Å²) >= 11 is 1.45. The van der Waals surface area contributed by atoms with Gasteiger partial charge in [0.25, 0.3) is 0 Å². The number of halogens is 3. The number of Topliss-reactive ketones (excluding diaryl/α,β-unsaturated/α-hetero) is 1. The van der Waals surface area contributed by atoms with Gasteiger partial charge >= 0.3 is 6.18 Å². The first-order valence-corrected chi connectivity index (χ1v) is 7.90. The highest BCUT2D eigenvalue weighted by molar-refractivity contribution is 7.12. The molecule has 1 fully saturated rings. The van der Waals surface area contributed by atoms with E-state index in [2.05, 4.69) is 4.90 Å². The molecule has 0 aromatic carbocycles. The predicted octanol–water partition coefficient (Wildman–Crippen LogP) is 2.89. The molecule has 2 rings (SSSR count). The molecule has 0 bridgehead atoms. The van der Waals surface area contributed by atoms with Gasteiger partial charge in [0.05, 0.1) is 11.4 Å². The molecule has 0 saturated carbocycles. The van der Waals surface area contributed by atoms with Crippen molar-refractivity contribution >= 4 is 17.1 Å². The molecule has 0 amide bonds. The largest absolute Gasteiger partial charge is 0.401 e. The maximum absolute atomic E-state index is 12.3. The van der Waals surface area contributed by atoms with Crippen LogP contribution in [-0.4, -0.2) is 61.0 Å². The molecule has 3 nitrogen and oxygen atoms in total. The summed E-state index contributed by atoms with van der Waals surface area (Å²) in [4.78, 5) is 16.2. The average molecular weight is 320 g/mol. The fourth-order valence-electron chi connectivity index (χ4n) is 2.45. The third kappa shape index (κ3) is 5.76. The van der Waals surface area contributed by atoms with E-state index in [1.165, 1.54) is 16.2 Å². The van der Waals surface area contributed by atoms with Crippen LogP contribution < -0.4 is 0 Å². The molecule has 1 aromatic heterocycles. The Morgan fingerprint density at radius 1 is 1.19 bits per heavy atom. The Kier molecular flexibility index (Phi) is 5.78. The molecular weight excluding hydrogens is 301 g/mol. The van der Waals surface area contributed by atoms with Crippen LogP contribution in [0, 0.1) is 0 Å². The Hall–Kier alpha value is -0.920. The lowest BCUT2D eigenvalue weighted by Crippen LogP contribution is -2.49. The van der Waals surface area contributed by atoms with Crippen molar-refractivity contribution in [3.8, 4) is 0 Å². The molecule has 2 heterocycles. The first-order valence-electron chi connectivity index (χ1n) is 7.02. The van der Waals surface area contributed by atoms with Gasteiger partial charge in [-0.2, -0.15) is 13.2 Å². The highest BCUT2D eigenvalue weighted by Crippen LogP contribution is 2.18. The van der Waals surface area contributed by atoms with E-state index < -0.39 is 12.7 Å². The number of carbonyl (C=O) groups excluding carboxylic acids is 1. The van der Waals surface area contributed by atoms with E-state index in [-0.39, 0.29) is 5.78 Å². The molecule has 0 atom stereocenters. The summed E-state index contributed by atoms with van der Waals surface area (Å²) in [5.74, 6) is 0.153. The number of ketones is 1. The maximum Gasteiger partial charge on any atom is 0.401 e. The van der Waals surface area contributed by atoms with E-state index >= 15 is 0 Å². The number of alkyl halides is 3. The van der Waals surface area contributed by atoms with Crippen LogP contribution in [0.15, 0.2) is 17.5 Å². The van der Waals surface area contributed by atoms with Gasteiger partial charge in [0.1, 0.15) is 0 Å². The molecule has 0 aliphatic carbocycles. The van der Waals surface area contributed by atoms with Crippen molar-refractivity contribution in [2.24, 2.45) is 0 Å². The van der Waals surface area contributed by atoms with Crippen molar-refractivity contribution in [3.05, 3.63) is 22.4 Å². The van der Waals surface area contributed by atoms with E-state index in [9.17, 15) is 18.0 Å². The quantitative estimate of drug-likeness (QED) is 0.753. The molecule has 118 valence electrons. The van der Waals surface area contributed by atoms with Gasteiger partial charge in [0, 0.05) is 32.6 Å². The predicted molar refractivity (Wildman–Crippen MR) is 76.8 cm³/mol. The average Bonchev–Trinajstić information content (AvgIpc) is 2.93. The minimum atomic E-state index is -4.12. The molecule has 1 aliphatic heterocycles. The summed E-state index contributed by atoms with van der Waals surface area (Å²) in [5, 5.41) is 1.88. The van der Waals surface area contributed by atoms with Crippen LogP contribution in [0.3, 0.4) is 0 Å². The lowest BCUT2D eigenvalue weighted by Gasteiger charge is -2.34. The van der Waals surface area contributed by atoms with Gasteiger partial charge in [0.15, 0.2) is 5.78 Å². The fraction of sp³-hybridized carbons (Fsp3) is 0.643. The third-order valence-corrected chi connectivity index (χ3v) is 4.45. The third-order valence-electron chi connectivity index (χ3n) is 3.54. The summed E-state index contributed by atoms with van der Waals surface area (Å²) in [6, 6.07) is 3.68. The Morgan fingerprint density at radius 3 is 2.43 bits per heavy atom. The summed E-state index contributed by atoms with van der Waals surface area (Å²) in [6.07, 6.45) is -2.85. The molecule has 1 saturated heterocycles. The van der Waals surface area contributed by atoms with Gasteiger partial charge in [-0.3, -0.25) is 9.69 Å². The van der Waals surface area contributed by atoms with Crippen molar-refractivity contribution < 1.29 is 18.0 Å². The van der Waals surface area contributed by atoms with Crippen LogP contribution in [0.25, 0.3) is 0 Å². The topological polar surface area (TPSA) is 23.6 Å². The van der Waals surface area contributed by atoms with E-state index in [4.69, 9.17) is 0 Å². The molecule has 21 heavy (non-hydrogen) atoms. The van der Waals surface area contributed by atoms with Gasteiger partial charge in [-0.15, -0.1) is 11.3 Å². The number of hydrogen-bond donors (Lipinski definition) is 0. The summed E-state index contributed by atoms with van der Waals surface area (Å²) < 4.78 is 36.8. The first-order chi connectivity index (χ1) is 9.94. The maximum atomic E-state index is 12.3. The van der Waals surface area contributed by atoms with E-state index in [0.717, 1.165) is 17.8 Å². The minimum Gasteiger partial charge on any atom is -0.301 e. The zero-order valence-corrected chi connectivity index (χ0v) is 12.6. The van der Waals surface area contributed by atoms with Crippen molar-refractivity contribution in [1.29, 1.82) is 0 Å². The smallest absolute Gasteiger partial charge is 0.301 e. The summed E-state index contributed by atoms with van der Waals surface area (Å²) in [6.45, 7) is 2.12. The van der Waals surface area contributed by atoms with Gasteiger partial charge in [-0.05, 0) is 24.4 Å². The monoisotopic (exact) mass is 320 g/mol. The molecule has 0 N–H and O–H groups in total. The second-order valence-electron chi connectivity index (χ2n) is 5.24. The zero-order valence-electron chi connectivity index (χ0n) is 11.7. The number of nitrogens with zero attached hydrogens (tertiary/aromatic N) is 2. The van der Waals surface area contributed by atoms with Gasteiger partial charge < -0.3 is 4.90 Å². The number of piperazine rings is 1. The van der Waals surface area contributed by atoms with Gasteiger partial charge in [-0.25, -0.2) is 0 Å². The molecule has 7 heteroatoms. The summed E-state index contributed by atoms with van der Waals surface area (Å²) in [7, 11) is 0. The Balaban J connectivity index is 1.62. The van der Waals surface area contributed by atoms with Crippen LogP contribution in [-0.2, 0) is 0 Å². The SMILES string of the molecule is O=C(CCCN1CCN(CC(F)(F)F)CC1)c1cccs1. The molecule has 1 aromatic rings. The molecule has 0 spiro atoms. The van der Waals surface area contributed by atoms with Crippen LogP contribution in [0.5, 0.6) is 0 Å². The lowest BCUT2D eigenvalue weighted by atomic mass is 10.2. The first kappa shape index (κ1) is 16.5. The molecule has 1 aliphatic rings. The van der Waals surface area contributed by atoms with Crippen molar-refractivity contribution in [2.75, 3.05) is 39.3 Å². The minimum absolute atomic E-state index is 0.153. The summed E-state index contributed by atoms with van der Waals surface area (Å²) in [5.41, 5.74) is 0. The number of carbonyl (C=O) groups is 1. The number of thiophene rings is 1. The second-order valence-corrected chi connectivity index (χ2v) is 6.18. The Labute approximate surface area is 126 Å². The van der Waals surface area contributed by atoms with Crippen LogP contribution in [0.1, 0.15) is 22.5 Å². The highest BCUT2D eigenvalue weighted by atomic mass is 32.1. The highest BCUT2D eigenvalue weighted by Gasteiger charge is 2.31. The molecule has 0 unspecified atom stereocenters. The normalized spacial score (nSPS) is 18.0. The van der Waals surface area contributed by atoms with Crippen molar-refractivity contribution in [1.82, 2.24) is 9.80 Å². The van der Waals surface area contributed by atoms with Gasteiger partial charge in [-0.1, -0.05) is 6.07 Å². The fourth-order valence-corrected chi connectivity index (χ4v) is 3.14. The Bertz CT molecular complexity index is 440.